The third-order valence-corrected chi connectivity index (χ3v) is 2.84. The molecule has 1 amide bonds. The molecule has 0 bridgehead atoms. The Bertz CT molecular complexity index is 387. The van der Waals surface area contributed by atoms with E-state index in [0.29, 0.717) is 5.92 Å². The Morgan fingerprint density at radius 1 is 1.38 bits per heavy atom. The maximum atomic E-state index is 11.9. The van der Waals surface area contributed by atoms with Crippen LogP contribution in [-0.4, -0.2) is 11.9 Å². The van der Waals surface area contributed by atoms with Gasteiger partial charge in [0.2, 0.25) is 5.91 Å². The molecule has 1 aromatic rings. The maximum Gasteiger partial charge on any atom is 0.241 e. The molecule has 0 unspecified atom stereocenters. The molecule has 0 spiro atoms. The fraction of sp³-hybridized carbons (Fsp3) is 0.462. The van der Waals surface area contributed by atoms with Crippen molar-refractivity contribution in [2.75, 3.05) is 5.32 Å². The Labute approximate surface area is 96.2 Å². The highest BCUT2D eigenvalue weighted by Crippen LogP contribution is 2.19. The second kappa shape index (κ2) is 4.66. The Balaban J connectivity index is 2.15. The van der Waals surface area contributed by atoms with Crippen LogP contribution in [0.2, 0.25) is 0 Å². The Morgan fingerprint density at radius 3 is 2.88 bits per heavy atom. The zero-order chi connectivity index (χ0) is 11.5. The first-order valence-electron chi connectivity index (χ1n) is 5.79. The highest BCUT2D eigenvalue weighted by molar-refractivity contribution is 5.96. The van der Waals surface area contributed by atoms with E-state index in [9.17, 15) is 4.79 Å². The van der Waals surface area contributed by atoms with E-state index in [1.54, 1.807) is 0 Å². The number of rotatable bonds is 2. The number of hydrogen-bond donors (Lipinski definition) is 2. The average Bonchev–Trinajstić information content (AvgIpc) is 2.39. The number of fused-ring (bicyclic) bond motifs is 1. The number of carbonyl (C=O) groups excluding carboxylic acids is 1. The molecule has 0 fully saturated rings. The van der Waals surface area contributed by atoms with Gasteiger partial charge in [0.1, 0.15) is 0 Å². The molecule has 0 radical (unpaired) electrons. The molecule has 0 saturated carbocycles. The lowest BCUT2D eigenvalue weighted by molar-refractivity contribution is -0.118. The summed E-state index contributed by atoms with van der Waals surface area (Å²) < 4.78 is 0. The van der Waals surface area contributed by atoms with Crippen molar-refractivity contribution in [3.8, 4) is 0 Å². The van der Waals surface area contributed by atoms with Crippen LogP contribution in [0.1, 0.15) is 25.8 Å². The molecule has 0 aliphatic carbocycles. The Hall–Kier alpha value is -1.35. The van der Waals surface area contributed by atoms with Gasteiger partial charge < -0.3 is 10.6 Å². The lowest BCUT2D eigenvalue weighted by Crippen LogP contribution is -2.38. The predicted octanol–water partition coefficient (Wildman–Crippen LogP) is 2.14. The van der Waals surface area contributed by atoms with E-state index in [-0.39, 0.29) is 11.9 Å². The van der Waals surface area contributed by atoms with Gasteiger partial charge >= 0.3 is 0 Å². The smallest absolute Gasteiger partial charge is 0.241 e. The molecule has 1 aromatic carbocycles. The van der Waals surface area contributed by atoms with Gasteiger partial charge in [-0.25, -0.2) is 0 Å². The summed E-state index contributed by atoms with van der Waals surface area (Å²) >= 11 is 0. The minimum atomic E-state index is -0.0765. The number of nitrogens with one attached hydrogen (secondary N) is 2. The maximum absolute atomic E-state index is 11.9. The number of amides is 1. The van der Waals surface area contributed by atoms with Crippen LogP contribution in [0.25, 0.3) is 0 Å². The summed E-state index contributed by atoms with van der Waals surface area (Å²) in [6.07, 6.45) is 0.875. The first-order valence-corrected chi connectivity index (χ1v) is 5.79. The van der Waals surface area contributed by atoms with Crippen LogP contribution in [0.5, 0.6) is 0 Å². The molecule has 0 saturated heterocycles. The highest BCUT2D eigenvalue weighted by Gasteiger charge is 2.23. The summed E-state index contributed by atoms with van der Waals surface area (Å²) in [4.78, 5) is 11.9. The summed E-state index contributed by atoms with van der Waals surface area (Å²) in [5.41, 5.74) is 2.09. The van der Waals surface area contributed by atoms with Crippen molar-refractivity contribution in [1.82, 2.24) is 5.32 Å². The van der Waals surface area contributed by atoms with E-state index >= 15 is 0 Å². The minimum absolute atomic E-state index is 0.0765. The second-order valence-corrected chi connectivity index (χ2v) is 4.71. The zero-order valence-electron chi connectivity index (χ0n) is 9.79. The number of hydrogen-bond acceptors (Lipinski definition) is 2. The number of benzene rings is 1. The van der Waals surface area contributed by atoms with E-state index in [1.165, 1.54) is 0 Å². The third-order valence-electron chi connectivity index (χ3n) is 2.84. The Kier molecular flexibility index (Phi) is 3.25. The minimum Gasteiger partial charge on any atom is -0.324 e. The molecule has 86 valence electrons. The first-order chi connectivity index (χ1) is 7.66. The SMILES string of the molecule is CC(C)C[C@@H]1NCc2ccccc2NC1=O. The van der Waals surface area contributed by atoms with Crippen LogP contribution in [0.15, 0.2) is 24.3 Å². The molecule has 1 aliphatic heterocycles. The van der Waals surface area contributed by atoms with Crippen molar-refractivity contribution in [3.63, 3.8) is 0 Å². The monoisotopic (exact) mass is 218 g/mol. The quantitative estimate of drug-likeness (QED) is 0.798. The fourth-order valence-electron chi connectivity index (χ4n) is 2.00. The van der Waals surface area contributed by atoms with Crippen LogP contribution in [0.3, 0.4) is 0 Å². The molecule has 0 aromatic heterocycles. The van der Waals surface area contributed by atoms with Crippen LogP contribution in [0, 0.1) is 5.92 Å². The van der Waals surface area contributed by atoms with Gasteiger partial charge in [0, 0.05) is 12.2 Å². The summed E-state index contributed by atoms with van der Waals surface area (Å²) in [6.45, 7) is 5.02. The molecule has 3 heteroatoms. The van der Waals surface area contributed by atoms with Crippen molar-refractivity contribution in [1.29, 1.82) is 0 Å². The number of anilines is 1. The highest BCUT2D eigenvalue weighted by atomic mass is 16.2. The van der Waals surface area contributed by atoms with Gasteiger partial charge in [-0.3, -0.25) is 4.79 Å². The molecule has 3 nitrogen and oxygen atoms in total. The van der Waals surface area contributed by atoms with Crippen molar-refractivity contribution >= 4 is 11.6 Å². The average molecular weight is 218 g/mol. The molecule has 1 atom stereocenters. The van der Waals surface area contributed by atoms with Crippen molar-refractivity contribution in [2.45, 2.75) is 32.9 Å². The van der Waals surface area contributed by atoms with Crippen LogP contribution in [-0.2, 0) is 11.3 Å². The first kappa shape index (κ1) is 11.1. The second-order valence-electron chi connectivity index (χ2n) is 4.71. The molecule has 1 heterocycles. The van der Waals surface area contributed by atoms with Crippen molar-refractivity contribution in [2.24, 2.45) is 5.92 Å². The van der Waals surface area contributed by atoms with Gasteiger partial charge in [-0.15, -0.1) is 0 Å². The molecular formula is C13H18N2O. The number of carbonyl (C=O) groups is 1. The molecule has 2 N–H and O–H groups in total. The van der Waals surface area contributed by atoms with Crippen LogP contribution in [0.4, 0.5) is 5.69 Å². The summed E-state index contributed by atoms with van der Waals surface area (Å²) in [7, 11) is 0. The molecule has 2 rings (SSSR count). The van der Waals surface area contributed by atoms with Gasteiger partial charge in [-0.05, 0) is 24.0 Å². The predicted molar refractivity (Wildman–Crippen MR) is 65.2 cm³/mol. The third kappa shape index (κ3) is 2.42. The van der Waals surface area contributed by atoms with Gasteiger partial charge in [-0.1, -0.05) is 32.0 Å². The summed E-state index contributed by atoms with van der Waals surface area (Å²) in [6, 6.07) is 7.86. The normalized spacial score (nSPS) is 20.2. The molecule has 16 heavy (non-hydrogen) atoms. The lowest BCUT2D eigenvalue weighted by Gasteiger charge is -2.16. The van der Waals surface area contributed by atoms with Crippen LogP contribution < -0.4 is 10.6 Å². The molecular weight excluding hydrogens is 200 g/mol. The van der Waals surface area contributed by atoms with Crippen molar-refractivity contribution < 1.29 is 4.79 Å². The summed E-state index contributed by atoms with van der Waals surface area (Å²) in [5.74, 6) is 0.600. The van der Waals surface area contributed by atoms with E-state index in [2.05, 4.69) is 24.5 Å². The van der Waals surface area contributed by atoms with Crippen LogP contribution >= 0.6 is 0 Å². The van der Waals surface area contributed by atoms with Gasteiger partial charge in [0.15, 0.2) is 0 Å². The summed E-state index contributed by atoms with van der Waals surface area (Å²) in [5, 5.41) is 6.28. The van der Waals surface area contributed by atoms with E-state index in [0.717, 1.165) is 24.2 Å². The molecule has 1 aliphatic rings. The van der Waals surface area contributed by atoms with Gasteiger partial charge in [0.05, 0.1) is 6.04 Å². The van der Waals surface area contributed by atoms with E-state index < -0.39 is 0 Å². The fourth-order valence-corrected chi connectivity index (χ4v) is 2.00. The lowest BCUT2D eigenvalue weighted by atomic mass is 10.0. The zero-order valence-corrected chi connectivity index (χ0v) is 9.79. The van der Waals surface area contributed by atoms with Crippen molar-refractivity contribution in [3.05, 3.63) is 29.8 Å². The largest absolute Gasteiger partial charge is 0.324 e. The van der Waals surface area contributed by atoms with E-state index in [1.807, 2.05) is 24.3 Å². The Morgan fingerprint density at radius 2 is 2.12 bits per heavy atom. The number of para-hydroxylation sites is 1. The topological polar surface area (TPSA) is 41.1 Å². The van der Waals surface area contributed by atoms with Gasteiger partial charge in [-0.2, -0.15) is 0 Å². The van der Waals surface area contributed by atoms with E-state index in [4.69, 9.17) is 0 Å². The standard InChI is InChI=1S/C13H18N2O/c1-9(2)7-12-13(16)15-11-6-4-3-5-10(11)8-14-12/h3-6,9,12,14H,7-8H2,1-2H3,(H,15,16)/t12-/m0/s1. The van der Waals surface area contributed by atoms with Gasteiger partial charge in [0.25, 0.3) is 0 Å².